The zero-order valence-corrected chi connectivity index (χ0v) is 27.5. The molecule has 4 aromatic carbocycles. The van der Waals surface area contributed by atoms with Crippen LogP contribution in [0, 0.1) is 0 Å². The van der Waals surface area contributed by atoms with Crippen LogP contribution in [-0.2, 0) is 22.4 Å². The van der Waals surface area contributed by atoms with E-state index in [9.17, 15) is 4.79 Å². The molecule has 240 valence electrons. The second kappa shape index (κ2) is 15.8. The predicted octanol–water partition coefficient (Wildman–Crippen LogP) is 5.59. The molecule has 0 saturated heterocycles. The van der Waals surface area contributed by atoms with Gasteiger partial charge in [0.25, 0.3) is 5.91 Å². The number of carbonyl (C=O) groups is 1. The average Bonchev–Trinajstić information content (AvgIpc) is 3.48. The van der Waals surface area contributed by atoms with E-state index in [1.54, 1.807) is 14.2 Å². The Balaban J connectivity index is 1.43. The van der Waals surface area contributed by atoms with Crippen molar-refractivity contribution in [3.05, 3.63) is 124 Å². The first-order chi connectivity index (χ1) is 22.5. The average molecular weight is 689 g/mol. The minimum atomic E-state index is -1.32. The molecule has 5 rings (SSSR count). The molecule has 10 heteroatoms. The number of amides is 1. The van der Waals surface area contributed by atoms with E-state index in [4.69, 9.17) is 29.0 Å². The summed E-state index contributed by atoms with van der Waals surface area (Å²) in [7, 11) is 3.21. The van der Waals surface area contributed by atoms with Gasteiger partial charge in [0.15, 0.2) is 23.1 Å². The lowest BCUT2D eigenvalue weighted by molar-refractivity contribution is -0.130. The molecule has 0 bridgehead atoms. The van der Waals surface area contributed by atoms with Crippen molar-refractivity contribution in [1.29, 1.82) is 0 Å². The van der Waals surface area contributed by atoms with Gasteiger partial charge in [0.1, 0.15) is 5.75 Å². The Bertz CT molecular complexity index is 1620. The van der Waals surface area contributed by atoms with Crippen molar-refractivity contribution in [2.45, 2.75) is 30.9 Å². The first-order valence-electron chi connectivity index (χ1n) is 15.1. The van der Waals surface area contributed by atoms with Gasteiger partial charge in [-0.3, -0.25) is 10.2 Å². The Kier molecular flexibility index (Phi) is 11.3. The zero-order chi connectivity index (χ0) is 32.4. The van der Waals surface area contributed by atoms with Crippen LogP contribution in [0.5, 0.6) is 17.2 Å². The van der Waals surface area contributed by atoms with Gasteiger partial charge in [-0.1, -0.05) is 64.5 Å². The standard InChI is InChI=1S/C36H38BrN3O6/c1-43-31-18-9-25(23-32(31)44-2)19-20-38-40-35(42)36(24-26-7-4-3-5-8-26)33(27-10-14-29(37)15-11-27)46-34(39-36)28-12-16-30(17-13-28)45-22-6-21-41/h3-5,7-18,23,33,38,41H,6,19-22,24H2,1-2H3,(H,40,42)/t33-,36-/m0/s1. The maximum Gasteiger partial charge on any atom is 0.266 e. The van der Waals surface area contributed by atoms with Crippen molar-refractivity contribution < 1.29 is 28.8 Å². The molecule has 4 aromatic rings. The van der Waals surface area contributed by atoms with Crippen LogP contribution < -0.4 is 25.1 Å². The van der Waals surface area contributed by atoms with Gasteiger partial charge in [0.2, 0.25) is 5.90 Å². The third kappa shape index (κ3) is 7.88. The number of methoxy groups -OCH3 is 2. The number of ether oxygens (including phenoxy) is 4. The monoisotopic (exact) mass is 687 g/mol. The van der Waals surface area contributed by atoms with E-state index in [-0.39, 0.29) is 12.5 Å². The van der Waals surface area contributed by atoms with Crippen LogP contribution in [0.2, 0.25) is 0 Å². The Morgan fingerprint density at radius 2 is 1.67 bits per heavy atom. The van der Waals surface area contributed by atoms with Gasteiger partial charge in [0, 0.05) is 36.0 Å². The second-order valence-corrected chi connectivity index (χ2v) is 11.7. The molecule has 1 heterocycles. The summed E-state index contributed by atoms with van der Waals surface area (Å²) in [5.74, 6) is 2.04. The van der Waals surface area contributed by atoms with Gasteiger partial charge < -0.3 is 24.1 Å². The molecule has 0 aromatic heterocycles. The van der Waals surface area contributed by atoms with E-state index >= 15 is 0 Å². The van der Waals surface area contributed by atoms with E-state index in [0.717, 1.165) is 26.7 Å². The number of hydrogen-bond donors (Lipinski definition) is 3. The molecule has 1 aliphatic rings. The lowest BCUT2D eigenvalue weighted by Crippen LogP contribution is -2.54. The number of halogens is 1. The largest absolute Gasteiger partial charge is 0.494 e. The van der Waals surface area contributed by atoms with Gasteiger partial charge in [-0.2, -0.15) is 0 Å². The molecule has 0 radical (unpaired) electrons. The number of aliphatic hydroxyl groups is 1. The van der Waals surface area contributed by atoms with E-state index in [2.05, 4.69) is 26.8 Å². The highest BCUT2D eigenvalue weighted by molar-refractivity contribution is 9.10. The Morgan fingerprint density at radius 1 is 0.935 bits per heavy atom. The smallest absolute Gasteiger partial charge is 0.266 e. The van der Waals surface area contributed by atoms with E-state index in [0.29, 0.717) is 55.6 Å². The minimum Gasteiger partial charge on any atom is -0.494 e. The fourth-order valence-electron chi connectivity index (χ4n) is 5.32. The molecular weight excluding hydrogens is 650 g/mol. The lowest BCUT2D eigenvalue weighted by atomic mass is 9.82. The van der Waals surface area contributed by atoms with Crippen LogP contribution in [0.4, 0.5) is 0 Å². The topological polar surface area (TPSA) is 111 Å². The zero-order valence-electron chi connectivity index (χ0n) is 25.9. The van der Waals surface area contributed by atoms with E-state index in [1.807, 2.05) is 97.1 Å². The Labute approximate surface area is 277 Å². The highest BCUT2D eigenvalue weighted by Crippen LogP contribution is 2.42. The molecule has 0 spiro atoms. The van der Waals surface area contributed by atoms with Gasteiger partial charge in [0.05, 0.1) is 20.8 Å². The number of aliphatic hydroxyl groups excluding tert-OH is 1. The summed E-state index contributed by atoms with van der Waals surface area (Å²) in [4.78, 5) is 19.4. The number of benzene rings is 4. The van der Waals surface area contributed by atoms with E-state index in [1.165, 1.54) is 0 Å². The van der Waals surface area contributed by atoms with Crippen molar-refractivity contribution in [2.24, 2.45) is 4.99 Å². The quantitative estimate of drug-likeness (QED) is 0.110. The molecule has 0 aliphatic carbocycles. The first kappa shape index (κ1) is 33.0. The predicted molar refractivity (Wildman–Crippen MR) is 180 cm³/mol. The van der Waals surface area contributed by atoms with Gasteiger partial charge >= 0.3 is 0 Å². The molecular formula is C36H38BrN3O6. The van der Waals surface area contributed by atoms with E-state index < -0.39 is 11.6 Å². The lowest BCUT2D eigenvalue weighted by Gasteiger charge is -2.31. The van der Waals surface area contributed by atoms with Crippen molar-refractivity contribution in [1.82, 2.24) is 10.9 Å². The van der Waals surface area contributed by atoms with Crippen LogP contribution in [0.1, 0.15) is 34.8 Å². The summed E-state index contributed by atoms with van der Waals surface area (Å²) in [6, 6.07) is 30.7. The normalized spacial score (nSPS) is 17.1. The number of rotatable bonds is 15. The summed E-state index contributed by atoms with van der Waals surface area (Å²) in [6.07, 6.45) is 0.791. The van der Waals surface area contributed by atoms with Crippen LogP contribution >= 0.6 is 15.9 Å². The van der Waals surface area contributed by atoms with Crippen molar-refractivity contribution in [3.63, 3.8) is 0 Å². The summed E-state index contributed by atoms with van der Waals surface area (Å²) >= 11 is 3.52. The Morgan fingerprint density at radius 3 is 2.37 bits per heavy atom. The number of aliphatic imine (C=N–C) groups is 1. The third-order valence-electron chi connectivity index (χ3n) is 7.71. The maximum atomic E-state index is 14.3. The molecule has 2 atom stereocenters. The molecule has 0 saturated carbocycles. The molecule has 46 heavy (non-hydrogen) atoms. The number of carbonyl (C=O) groups excluding carboxylic acids is 1. The molecule has 0 fully saturated rings. The van der Waals surface area contributed by atoms with Crippen LogP contribution in [0.25, 0.3) is 0 Å². The molecule has 0 unspecified atom stereocenters. The van der Waals surface area contributed by atoms with Gasteiger partial charge in [-0.25, -0.2) is 10.4 Å². The highest BCUT2D eigenvalue weighted by Gasteiger charge is 2.53. The molecule has 3 N–H and O–H groups in total. The van der Waals surface area contributed by atoms with Crippen molar-refractivity contribution >= 4 is 27.7 Å². The Hall–Kier alpha value is -4.38. The van der Waals surface area contributed by atoms with Gasteiger partial charge in [-0.15, -0.1) is 0 Å². The van der Waals surface area contributed by atoms with Crippen LogP contribution in [0.15, 0.2) is 107 Å². The molecule has 1 amide bonds. The number of nitrogens with one attached hydrogen (secondary N) is 2. The fourth-order valence-corrected chi connectivity index (χ4v) is 5.59. The first-order valence-corrected chi connectivity index (χ1v) is 15.9. The number of nitrogens with zero attached hydrogens (tertiary/aromatic N) is 1. The summed E-state index contributed by atoms with van der Waals surface area (Å²) < 4.78 is 24.0. The fraction of sp³-hybridized carbons (Fsp3) is 0.278. The van der Waals surface area contributed by atoms with Gasteiger partial charge in [-0.05, 0) is 71.6 Å². The summed E-state index contributed by atoms with van der Waals surface area (Å²) in [6.45, 7) is 0.954. The van der Waals surface area contributed by atoms with Crippen molar-refractivity contribution in [3.8, 4) is 17.2 Å². The van der Waals surface area contributed by atoms with Crippen LogP contribution in [0.3, 0.4) is 0 Å². The third-order valence-corrected chi connectivity index (χ3v) is 8.24. The summed E-state index contributed by atoms with van der Waals surface area (Å²) in [5.41, 5.74) is 8.26. The highest BCUT2D eigenvalue weighted by atomic mass is 79.9. The maximum absolute atomic E-state index is 14.3. The summed E-state index contributed by atoms with van der Waals surface area (Å²) in [5, 5.41) is 9.06. The molecule has 1 aliphatic heterocycles. The molecule has 9 nitrogen and oxygen atoms in total. The van der Waals surface area contributed by atoms with Crippen LogP contribution in [-0.4, -0.2) is 56.4 Å². The number of hydrazine groups is 1. The second-order valence-electron chi connectivity index (χ2n) is 10.8. The van der Waals surface area contributed by atoms with Crippen molar-refractivity contribution in [2.75, 3.05) is 34.0 Å². The SMILES string of the molecule is COc1ccc(CCNNC(=O)[C@@]2(Cc3ccccc3)N=C(c3ccc(OCCCO)cc3)O[C@H]2c2ccc(Br)cc2)cc1OC. The number of hydrogen-bond acceptors (Lipinski definition) is 8. The minimum absolute atomic E-state index is 0.0663.